The minimum Gasteiger partial charge on any atom is -0.480 e. The number of hydrogen-bond donors (Lipinski definition) is 2. The minimum absolute atomic E-state index is 0.137. The van der Waals surface area contributed by atoms with Gasteiger partial charge < -0.3 is 15.0 Å². The summed E-state index contributed by atoms with van der Waals surface area (Å²) in [5, 5.41) is 10.7. The molecule has 9 heteroatoms. The number of imide groups is 1. The van der Waals surface area contributed by atoms with E-state index in [4.69, 9.17) is 0 Å². The molecule has 41 heavy (non-hydrogen) atoms. The summed E-state index contributed by atoms with van der Waals surface area (Å²) in [6.45, 7) is 2.30. The third kappa shape index (κ3) is 3.76. The number of aromatic amines is 1. The standard InChI is InChI=1S/C32H28N4O5/c1-18-12-14-19(15-13-18)28-27-22(20-7-2-4-9-23(20)33-27)17-26-30(38)36(32(41)35(26)28)24-10-5-3-8-21(24)29(37)34-16-6-11-25(34)31(39)40/h2-5,7-10,12-15,25-26,28,33H,6,11,16-17H2,1H3,(H,39,40)/t25-,26-,28-/m0/s1. The van der Waals surface area contributed by atoms with Gasteiger partial charge in [-0.3, -0.25) is 14.5 Å². The van der Waals surface area contributed by atoms with E-state index in [1.165, 1.54) is 4.90 Å². The van der Waals surface area contributed by atoms with Gasteiger partial charge in [0.2, 0.25) is 0 Å². The van der Waals surface area contributed by atoms with Crippen molar-refractivity contribution < 1.29 is 24.3 Å². The van der Waals surface area contributed by atoms with Gasteiger partial charge in [0.25, 0.3) is 11.8 Å². The molecule has 1 aromatic heterocycles. The molecular formula is C32H28N4O5. The van der Waals surface area contributed by atoms with Gasteiger partial charge in [-0.05, 0) is 49.1 Å². The molecule has 0 spiro atoms. The lowest BCUT2D eigenvalue weighted by molar-refractivity contribution is -0.141. The van der Waals surface area contributed by atoms with Crippen LogP contribution in [0.1, 0.15) is 51.6 Å². The number of nitrogens with one attached hydrogen (secondary N) is 1. The molecule has 3 aliphatic heterocycles. The van der Waals surface area contributed by atoms with Crippen molar-refractivity contribution in [2.45, 2.75) is 44.3 Å². The second-order valence-electron chi connectivity index (χ2n) is 11.0. The highest BCUT2D eigenvalue weighted by Gasteiger charge is 2.53. The van der Waals surface area contributed by atoms with Gasteiger partial charge in [0.05, 0.1) is 11.3 Å². The number of hydrogen-bond acceptors (Lipinski definition) is 4. The number of para-hydroxylation sites is 2. The van der Waals surface area contributed by atoms with Crippen LogP contribution in [-0.2, 0) is 16.0 Å². The first-order valence-corrected chi connectivity index (χ1v) is 13.8. The number of carbonyl (C=O) groups is 4. The molecule has 0 saturated carbocycles. The van der Waals surface area contributed by atoms with Crippen LogP contribution < -0.4 is 4.90 Å². The van der Waals surface area contributed by atoms with Crippen LogP contribution in [0, 0.1) is 6.92 Å². The highest BCUT2D eigenvalue weighted by molar-refractivity contribution is 6.24. The first-order valence-electron chi connectivity index (χ1n) is 13.8. The topological polar surface area (TPSA) is 114 Å². The number of carbonyl (C=O) groups excluding carboxylic acids is 3. The van der Waals surface area contributed by atoms with Crippen molar-refractivity contribution in [3.05, 3.63) is 101 Å². The number of aryl methyl sites for hydroxylation is 1. The molecule has 2 fully saturated rings. The first kappa shape index (κ1) is 25.1. The number of nitrogens with zero attached hydrogens (tertiary/aromatic N) is 3. The molecular weight excluding hydrogens is 520 g/mol. The fourth-order valence-corrected chi connectivity index (χ4v) is 6.66. The Kier molecular flexibility index (Phi) is 5.71. The Bertz CT molecular complexity index is 1740. The molecule has 7 rings (SSSR count). The van der Waals surface area contributed by atoms with Gasteiger partial charge in [-0.25, -0.2) is 14.5 Å². The summed E-state index contributed by atoms with van der Waals surface area (Å²) < 4.78 is 0. The van der Waals surface area contributed by atoms with Gasteiger partial charge in [0.1, 0.15) is 18.1 Å². The number of fused-ring (bicyclic) bond motifs is 4. The largest absolute Gasteiger partial charge is 0.480 e. The summed E-state index contributed by atoms with van der Waals surface area (Å²) in [5.74, 6) is -1.96. The second kappa shape index (κ2) is 9.33. The van der Waals surface area contributed by atoms with Crippen molar-refractivity contribution in [2.24, 2.45) is 0 Å². The SMILES string of the molecule is Cc1ccc([C@H]2c3[nH]c4ccccc4c3C[C@H]3C(=O)N(c4ccccc4C(=O)N4CCC[C@H]4C(=O)O)C(=O)N23)cc1. The van der Waals surface area contributed by atoms with Crippen LogP contribution in [0.4, 0.5) is 10.5 Å². The quantitative estimate of drug-likeness (QED) is 0.361. The molecule has 0 bridgehead atoms. The van der Waals surface area contributed by atoms with Crippen molar-refractivity contribution >= 4 is 40.4 Å². The molecule has 3 aliphatic rings. The Hall–Kier alpha value is -4.92. The number of likely N-dealkylation sites (tertiary alicyclic amines) is 1. The van der Waals surface area contributed by atoms with Gasteiger partial charge in [0, 0.05) is 29.6 Å². The summed E-state index contributed by atoms with van der Waals surface area (Å²) in [7, 11) is 0. The van der Waals surface area contributed by atoms with Crippen molar-refractivity contribution in [2.75, 3.05) is 11.4 Å². The van der Waals surface area contributed by atoms with E-state index >= 15 is 0 Å². The van der Waals surface area contributed by atoms with Gasteiger partial charge >= 0.3 is 12.0 Å². The Balaban J connectivity index is 1.34. The lowest BCUT2D eigenvalue weighted by Crippen LogP contribution is -2.44. The number of urea groups is 1. The molecule has 0 radical (unpaired) electrons. The summed E-state index contributed by atoms with van der Waals surface area (Å²) in [5.41, 5.74) is 5.09. The molecule has 4 amide bonds. The van der Waals surface area contributed by atoms with E-state index in [0.29, 0.717) is 25.8 Å². The number of rotatable bonds is 4. The summed E-state index contributed by atoms with van der Waals surface area (Å²) >= 11 is 0. The molecule has 2 saturated heterocycles. The lowest BCUT2D eigenvalue weighted by Gasteiger charge is -2.36. The number of carboxylic acid groups (broad SMARTS) is 1. The van der Waals surface area contributed by atoms with Crippen LogP contribution >= 0.6 is 0 Å². The Morgan fingerprint density at radius 2 is 1.68 bits per heavy atom. The zero-order valence-corrected chi connectivity index (χ0v) is 22.4. The first-order chi connectivity index (χ1) is 19.8. The maximum atomic E-state index is 14.3. The number of benzene rings is 3. The Labute approximate surface area is 236 Å². The van der Waals surface area contributed by atoms with Gasteiger partial charge in [0.15, 0.2) is 0 Å². The van der Waals surface area contributed by atoms with Gasteiger partial charge in [-0.15, -0.1) is 0 Å². The van der Waals surface area contributed by atoms with E-state index in [1.807, 2.05) is 55.5 Å². The normalized spacial score (nSPS) is 21.9. The molecule has 4 aromatic rings. The molecule has 3 aromatic carbocycles. The molecule has 0 unspecified atom stereocenters. The Morgan fingerprint density at radius 3 is 2.46 bits per heavy atom. The molecule has 9 nitrogen and oxygen atoms in total. The predicted molar refractivity (Wildman–Crippen MR) is 152 cm³/mol. The average molecular weight is 549 g/mol. The number of aliphatic carboxylic acids is 1. The van der Waals surface area contributed by atoms with E-state index in [0.717, 1.165) is 38.2 Å². The summed E-state index contributed by atoms with van der Waals surface area (Å²) in [6.07, 6.45) is 1.28. The van der Waals surface area contributed by atoms with E-state index in [9.17, 15) is 24.3 Å². The van der Waals surface area contributed by atoms with Crippen molar-refractivity contribution in [1.29, 1.82) is 0 Å². The van der Waals surface area contributed by atoms with Crippen LogP contribution in [0.3, 0.4) is 0 Å². The average Bonchev–Trinajstić information content (AvgIpc) is 3.67. The molecule has 206 valence electrons. The maximum absolute atomic E-state index is 14.3. The van der Waals surface area contributed by atoms with Crippen molar-refractivity contribution in [1.82, 2.24) is 14.8 Å². The fourth-order valence-electron chi connectivity index (χ4n) is 6.66. The van der Waals surface area contributed by atoms with Crippen LogP contribution in [0.15, 0.2) is 72.8 Å². The van der Waals surface area contributed by atoms with E-state index < -0.39 is 41.9 Å². The third-order valence-corrected chi connectivity index (χ3v) is 8.62. The predicted octanol–water partition coefficient (Wildman–Crippen LogP) is 4.65. The monoisotopic (exact) mass is 548 g/mol. The van der Waals surface area contributed by atoms with E-state index in [2.05, 4.69) is 4.98 Å². The highest BCUT2D eigenvalue weighted by Crippen LogP contribution is 2.45. The number of carboxylic acids is 1. The smallest absolute Gasteiger partial charge is 0.332 e. The zero-order valence-electron chi connectivity index (χ0n) is 22.4. The van der Waals surface area contributed by atoms with Crippen molar-refractivity contribution in [3.63, 3.8) is 0 Å². The van der Waals surface area contributed by atoms with Crippen LogP contribution in [0.5, 0.6) is 0 Å². The lowest BCUT2D eigenvalue weighted by atomic mass is 9.88. The van der Waals surface area contributed by atoms with E-state index in [-0.39, 0.29) is 11.3 Å². The number of anilines is 1. The maximum Gasteiger partial charge on any atom is 0.332 e. The molecule has 0 aliphatic carbocycles. The highest BCUT2D eigenvalue weighted by atomic mass is 16.4. The van der Waals surface area contributed by atoms with Gasteiger partial charge in [-0.2, -0.15) is 0 Å². The molecule has 2 N–H and O–H groups in total. The fraction of sp³-hybridized carbons (Fsp3) is 0.250. The number of H-pyrrole nitrogens is 1. The van der Waals surface area contributed by atoms with Gasteiger partial charge in [-0.1, -0.05) is 60.2 Å². The number of aromatic nitrogens is 1. The van der Waals surface area contributed by atoms with Crippen molar-refractivity contribution in [3.8, 4) is 0 Å². The van der Waals surface area contributed by atoms with Crippen LogP contribution in [0.25, 0.3) is 10.9 Å². The second-order valence-corrected chi connectivity index (χ2v) is 11.0. The molecule has 4 heterocycles. The third-order valence-electron chi connectivity index (χ3n) is 8.62. The van der Waals surface area contributed by atoms with Crippen LogP contribution in [0.2, 0.25) is 0 Å². The zero-order chi connectivity index (χ0) is 28.4. The Morgan fingerprint density at radius 1 is 0.951 bits per heavy atom. The minimum atomic E-state index is -1.06. The van der Waals surface area contributed by atoms with Crippen LogP contribution in [-0.4, -0.2) is 62.3 Å². The number of amides is 4. The summed E-state index contributed by atoms with van der Waals surface area (Å²) in [4.78, 5) is 61.5. The summed E-state index contributed by atoms with van der Waals surface area (Å²) in [6, 6.07) is 19.6. The molecule has 3 atom stereocenters. The van der Waals surface area contributed by atoms with E-state index in [1.54, 1.807) is 29.2 Å².